The third kappa shape index (κ3) is 5.11. The number of carbonyl (C=O) groups excluding carboxylic acids is 2. The average Bonchev–Trinajstić information content (AvgIpc) is 3.03. The molecule has 3 rings (SSSR count). The van der Waals surface area contributed by atoms with Crippen LogP contribution in [0.25, 0.3) is 0 Å². The normalized spacial score (nSPS) is 16.1. The number of ether oxygens (including phenoxy) is 2. The quantitative estimate of drug-likeness (QED) is 0.642. The van der Waals surface area contributed by atoms with E-state index in [0.717, 1.165) is 29.7 Å². The molecule has 1 aromatic carbocycles. The fraction of sp³-hybridized carbons (Fsp3) is 0.455. The molecule has 0 fully saturated rings. The van der Waals surface area contributed by atoms with E-state index in [2.05, 4.69) is 26.1 Å². The lowest BCUT2D eigenvalue weighted by molar-refractivity contribution is -0.118. The molecule has 1 N–H and O–H groups in total. The molecule has 0 spiro atoms. The van der Waals surface area contributed by atoms with Gasteiger partial charge in [-0.05, 0) is 60.4 Å². The van der Waals surface area contributed by atoms with Crippen molar-refractivity contribution in [2.45, 2.75) is 40.0 Å². The van der Waals surface area contributed by atoms with E-state index in [9.17, 15) is 9.59 Å². The van der Waals surface area contributed by atoms with E-state index in [1.165, 1.54) is 18.4 Å². The molecule has 1 atom stereocenters. The molecule has 29 heavy (non-hydrogen) atoms. The van der Waals surface area contributed by atoms with Crippen molar-refractivity contribution in [2.75, 3.05) is 19.0 Å². The second kappa shape index (κ2) is 8.76. The van der Waals surface area contributed by atoms with Crippen LogP contribution in [-0.2, 0) is 22.4 Å². The Hall–Kier alpha value is -2.05. The lowest BCUT2D eigenvalue weighted by atomic mass is 9.72. The van der Waals surface area contributed by atoms with Gasteiger partial charge in [0.1, 0.15) is 10.8 Å². The number of thiophene rings is 1. The van der Waals surface area contributed by atoms with Gasteiger partial charge in [0.25, 0.3) is 5.91 Å². The van der Waals surface area contributed by atoms with Crippen molar-refractivity contribution < 1.29 is 19.1 Å². The number of fused-ring (bicyclic) bond motifs is 1. The van der Waals surface area contributed by atoms with Crippen LogP contribution in [0.4, 0.5) is 5.00 Å². The zero-order valence-corrected chi connectivity index (χ0v) is 18.7. The van der Waals surface area contributed by atoms with E-state index < -0.39 is 5.97 Å². The van der Waals surface area contributed by atoms with Crippen molar-refractivity contribution in [1.29, 1.82) is 0 Å². The summed E-state index contributed by atoms with van der Waals surface area (Å²) in [7, 11) is 1.36. The second-order valence-electron chi connectivity index (χ2n) is 8.30. The molecular weight excluding hydrogens is 410 g/mol. The summed E-state index contributed by atoms with van der Waals surface area (Å²) in [6.45, 7) is 6.58. The SMILES string of the molecule is COC(=O)c1c(NC(=O)COc2ccc(Cl)cc2)sc2c1CC[C@@H](C(C)(C)C)C2. The molecule has 1 aliphatic carbocycles. The number of anilines is 1. The molecule has 0 bridgehead atoms. The molecule has 0 unspecified atom stereocenters. The minimum atomic E-state index is -0.411. The number of nitrogens with one attached hydrogen (secondary N) is 1. The van der Waals surface area contributed by atoms with Gasteiger partial charge in [0, 0.05) is 9.90 Å². The highest BCUT2D eigenvalue weighted by molar-refractivity contribution is 7.17. The van der Waals surface area contributed by atoms with Gasteiger partial charge in [-0.1, -0.05) is 32.4 Å². The van der Waals surface area contributed by atoms with Gasteiger partial charge in [-0.15, -0.1) is 11.3 Å². The van der Waals surface area contributed by atoms with Gasteiger partial charge in [0.2, 0.25) is 0 Å². The van der Waals surface area contributed by atoms with Gasteiger partial charge >= 0.3 is 5.97 Å². The first-order valence-electron chi connectivity index (χ1n) is 9.60. The van der Waals surface area contributed by atoms with Crippen LogP contribution in [0, 0.1) is 11.3 Å². The second-order valence-corrected chi connectivity index (χ2v) is 9.84. The minimum absolute atomic E-state index is 0.157. The smallest absolute Gasteiger partial charge is 0.341 e. The van der Waals surface area contributed by atoms with Crippen LogP contribution in [0.15, 0.2) is 24.3 Å². The molecule has 0 saturated heterocycles. The Balaban J connectivity index is 1.76. The number of amides is 1. The lowest BCUT2D eigenvalue weighted by Gasteiger charge is -2.33. The largest absolute Gasteiger partial charge is 0.484 e. The molecule has 1 aliphatic rings. The highest BCUT2D eigenvalue weighted by atomic mass is 35.5. The van der Waals surface area contributed by atoms with Crippen LogP contribution in [0.1, 0.15) is 48.0 Å². The number of rotatable bonds is 5. The van der Waals surface area contributed by atoms with Gasteiger partial charge in [-0.3, -0.25) is 4.79 Å². The Morgan fingerprint density at radius 1 is 1.24 bits per heavy atom. The van der Waals surface area contributed by atoms with Gasteiger partial charge in [-0.25, -0.2) is 4.79 Å². The Bertz CT molecular complexity index is 899. The topological polar surface area (TPSA) is 64.6 Å². The van der Waals surface area contributed by atoms with Crippen molar-refractivity contribution in [2.24, 2.45) is 11.3 Å². The Kier molecular flexibility index (Phi) is 6.54. The van der Waals surface area contributed by atoms with Crippen LogP contribution in [0.3, 0.4) is 0 Å². The predicted octanol–water partition coefficient (Wildman–Crippen LogP) is 5.36. The maximum atomic E-state index is 12.4. The number of esters is 1. The minimum Gasteiger partial charge on any atom is -0.484 e. The number of hydrogen-bond donors (Lipinski definition) is 1. The summed E-state index contributed by atoms with van der Waals surface area (Å²) in [6.07, 6.45) is 2.74. The molecule has 0 radical (unpaired) electrons. The molecular formula is C22H26ClNO4S. The van der Waals surface area contributed by atoms with Crippen LogP contribution >= 0.6 is 22.9 Å². The Labute approximate surface area is 180 Å². The number of hydrogen-bond acceptors (Lipinski definition) is 5. The molecule has 7 heteroatoms. The van der Waals surface area contributed by atoms with E-state index in [-0.39, 0.29) is 17.9 Å². The van der Waals surface area contributed by atoms with Crippen LogP contribution in [0.2, 0.25) is 5.02 Å². The summed E-state index contributed by atoms with van der Waals surface area (Å²) in [5.41, 5.74) is 1.69. The third-order valence-corrected chi connectivity index (χ3v) is 6.74. The van der Waals surface area contributed by atoms with Gasteiger partial charge in [0.05, 0.1) is 12.7 Å². The molecule has 156 valence electrons. The van der Waals surface area contributed by atoms with E-state index in [1.54, 1.807) is 24.3 Å². The zero-order valence-electron chi connectivity index (χ0n) is 17.1. The maximum absolute atomic E-state index is 12.4. The fourth-order valence-electron chi connectivity index (χ4n) is 3.57. The summed E-state index contributed by atoms with van der Waals surface area (Å²) in [5.74, 6) is 0.355. The summed E-state index contributed by atoms with van der Waals surface area (Å²) in [5, 5.41) is 3.99. The Morgan fingerprint density at radius 2 is 1.93 bits per heavy atom. The summed E-state index contributed by atoms with van der Waals surface area (Å²) < 4.78 is 10.5. The highest BCUT2D eigenvalue weighted by Crippen LogP contribution is 2.44. The average molecular weight is 436 g/mol. The van der Waals surface area contributed by atoms with Crippen LogP contribution in [0.5, 0.6) is 5.75 Å². The van der Waals surface area contributed by atoms with E-state index in [0.29, 0.717) is 27.3 Å². The van der Waals surface area contributed by atoms with Crippen molar-refractivity contribution in [1.82, 2.24) is 0 Å². The molecule has 1 heterocycles. The van der Waals surface area contributed by atoms with E-state index in [1.807, 2.05) is 0 Å². The van der Waals surface area contributed by atoms with Gasteiger partial charge in [-0.2, -0.15) is 0 Å². The van der Waals surface area contributed by atoms with E-state index >= 15 is 0 Å². The standard InChI is InChI=1S/C22H26ClNO4S/c1-22(2,3)13-5-10-16-17(11-13)29-20(19(16)21(26)27-4)24-18(25)12-28-15-8-6-14(23)7-9-15/h6-9,13H,5,10-12H2,1-4H3,(H,24,25)/t13-/m1/s1. The van der Waals surface area contributed by atoms with Crippen molar-refractivity contribution in [3.05, 3.63) is 45.3 Å². The van der Waals surface area contributed by atoms with Gasteiger partial charge < -0.3 is 14.8 Å². The fourth-order valence-corrected chi connectivity index (χ4v) is 5.03. The van der Waals surface area contributed by atoms with Crippen molar-refractivity contribution in [3.8, 4) is 5.75 Å². The van der Waals surface area contributed by atoms with Crippen molar-refractivity contribution in [3.63, 3.8) is 0 Å². The zero-order chi connectivity index (χ0) is 21.2. The van der Waals surface area contributed by atoms with Crippen LogP contribution in [-0.4, -0.2) is 25.6 Å². The van der Waals surface area contributed by atoms with E-state index in [4.69, 9.17) is 21.1 Å². The van der Waals surface area contributed by atoms with Crippen molar-refractivity contribution >= 4 is 39.8 Å². The summed E-state index contributed by atoms with van der Waals surface area (Å²) in [4.78, 5) is 26.0. The molecule has 1 aromatic heterocycles. The maximum Gasteiger partial charge on any atom is 0.341 e. The third-order valence-electron chi connectivity index (χ3n) is 5.32. The number of carbonyl (C=O) groups is 2. The number of halogens is 1. The highest BCUT2D eigenvalue weighted by Gasteiger charge is 2.34. The predicted molar refractivity (Wildman–Crippen MR) is 116 cm³/mol. The Morgan fingerprint density at radius 3 is 2.55 bits per heavy atom. The first-order chi connectivity index (χ1) is 13.7. The molecule has 0 saturated carbocycles. The van der Waals surface area contributed by atoms with Crippen LogP contribution < -0.4 is 10.1 Å². The first-order valence-corrected chi connectivity index (χ1v) is 10.8. The monoisotopic (exact) mass is 435 g/mol. The summed E-state index contributed by atoms with van der Waals surface area (Å²) >= 11 is 7.32. The lowest BCUT2D eigenvalue weighted by Crippen LogP contribution is -2.26. The van der Waals surface area contributed by atoms with Gasteiger partial charge in [0.15, 0.2) is 6.61 Å². The number of benzene rings is 1. The number of methoxy groups -OCH3 is 1. The molecule has 1 amide bonds. The summed E-state index contributed by atoms with van der Waals surface area (Å²) in [6, 6.07) is 6.80. The molecule has 2 aromatic rings. The first kappa shape index (κ1) is 21.7. The molecule has 0 aliphatic heterocycles. The molecule has 5 nitrogen and oxygen atoms in total.